The first kappa shape index (κ1) is 19.1. The first-order chi connectivity index (χ1) is 13.1. The molecule has 4 nitrogen and oxygen atoms in total. The van der Waals surface area contributed by atoms with Crippen LogP contribution in [0.25, 0.3) is 0 Å². The number of benzene rings is 2. The highest BCUT2D eigenvalue weighted by Gasteiger charge is 2.19. The average Bonchev–Trinajstić information content (AvgIpc) is 3.23. The fourth-order valence-electron chi connectivity index (χ4n) is 3.33. The average molecular weight is 368 g/mol. The van der Waals surface area contributed by atoms with Gasteiger partial charge in [-0.2, -0.15) is 0 Å². The van der Waals surface area contributed by atoms with Crippen molar-refractivity contribution in [1.29, 1.82) is 0 Å². The molecule has 1 fully saturated rings. The Morgan fingerprint density at radius 1 is 0.963 bits per heavy atom. The molecule has 0 aliphatic carbocycles. The molecule has 5 heteroatoms. The number of anilines is 1. The number of carbonyl (C=O) groups excluding carboxylic acids is 2. The second-order valence-electron chi connectivity index (χ2n) is 6.89. The Hall–Kier alpha value is -2.69. The summed E-state index contributed by atoms with van der Waals surface area (Å²) in [5.74, 6) is -0.132. The largest absolute Gasteiger partial charge is 0.342 e. The van der Waals surface area contributed by atoms with E-state index in [1.807, 2.05) is 36.1 Å². The fraction of sp³-hybridized carbons (Fsp3) is 0.364. The van der Waals surface area contributed by atoms with Gasteiger partial charge in [0.1, 0.15) is 5.82 Å². The molecule has 0 aromatic heterocycles. The molecule has 0 N–H and O–H groups in total. The van der Waals surface area contributed by atoms with Crippen molar-refractivity contribution in [1.82, 2.24) is 4.90 Å². The van der Waals surface area contributed by atoms with Crippen LogP contribution in [0, 0.1) is 5.82 Å². The molecule has 2 aromatic rings. The second-order valence-corrected chi connectivity index (χ2v) is 6.89. The van der Waals surface area contributed by atoms with Gasteiger partial charge < -0.3 is 9.80 Å². The van der Waals surface area contributed by atoms with E-state index >= 15 is 0 Å². The van der Waals surface area contributed by atoms with Gasteiger partial charge >= 0.3 is 0 Å². The molecule has 1 aliphatic heterocycles. The summed E-state index contributed by atoms with van der Waals surface area (Å²) < 4.78 is 13.1. The van der Waals surface area contributed by atoms with Gasteiger partial charge in [-0.15, -0.1) is 0 Å². The molecule has 1 heterocycles. The summed E-state index contributed by atoms with van der Waals surface area (Å²) in [6.07, 6.45) is 2.95. The minimum Gasteiger partial charge on any atom is -0.342 e. The first-order valence-corrected chi connectivity index (χ1v) is 9.48. The van der Waals surface area contributed by atoms with Crippen LogP contribution >= 0.6 is 0 Å². The Morgan fingerprint density at radius 2 is 1.56 bits per heavy atom. The molecule has 0 bridgehead atoms. The standard InChI is InChI=1S/C22H25FN2O2/c1-2-21(26)25(16-18-5-9-19(23)10-6-18)20-11-7-17(8-12-20)15-22(27)24-13-3-4-14-24/h5-12H,2-4,13-16H2,1H3. The van der Waals surface area contributed by atoms with Crippen molar-refractivity contribution in [3.05, 3.63) is 65.5 Å². The van der Waals surface area contributed by atoms with E-state index in [1.165, 1.54) is 12.1 Å². The van der Waals surface area contributed by atoms with Gasteiger partial charge in [0.15, 0.2) is 0 Å². The number of likely N-dealkylation sites (tertiary alicyclic amines) is 1. The normalized spacial score (nSPS) is 13.6. The maximum Gasteiger partial charge on any atom is 0.227 e. The number of amides is 2. The molecule has 0 saturated carbocycles. The van der Waals surface area contributed by atoms with Crippen LogP contribution in [0.1, 0.15) is 37.3 Å². The number of hydrogen-bond acceptors (Lipinski definition) is 2. The summed E-state index contributed by atoms with van der Waals surface area (Å²) in [5.41, 5.74) is 2.59. The summed E-state index contributed by atoms with van der Waals surface area (Å²) in [4.78, 5) is 28.3. The van der Waals surface area contributed by atoms with E-state index in [0.717, 1.165) is 42.7 Å². The molecular formula is C22H25FN2O2. The topological polar surface area (TPSA) is 40.6 Å². The Labute approximate surface area is 159 Å². The van der Waals surface area contributed by atoms with E-state index in [9.17, 15) is 14.0 Å². The number of rotatable bonds is 6. The SMILES string of the molecule is CCC(=O)N(Cc1ccc(F)cc1)c1ccc(CC(=O)N2CCCC2)cc1. The third-order valence-electron chi connectivity index (χ3n) is 4.92. The van der Waals surface area contributed by atoms with Crippen LogP contribution < -0.4 is 4.90 Å². The Bertz CT molecular complexity index is 781. The minimum absolute atomic E-state index is 0.000202. The summed E-state index contributed by atoms with van der Waals surface area (Å²) in [7, 11) is 0. The lowest BCUT2D eigenvalue weighted by molar-refractivity contribution is -0.129. The van der Waals surface area contributed by atoms with Gasteiger partial charge in [-0.3, -0.25) is 9.59 Å². The number of halogens is 1. The molecule has 0 radical (unpaired) electrons. The van der Waals surface area contributed by atoms with Crippen molar-refractivity contribution >= 4 is 17.5 Å². The Balaban J connectivity index is 1.71. The number of hydrogen-bond donors (Lipinski definition) is 0. The third-order valence-corrected chi connectivity index (χ3v) is 4.92. The van der Waals surface area contributed by atoms with Crippen LogP contribution in [-0.4, -0.2) is 29.8 Å². The smallest absolute Gasteiger partial charge is 0.227 e. The lowest BCUT2D eigenvalue weighted by Crippen LogP contribution is -2.30. The summed E-state index contributed by atoms with van der Waals surface area (Å²) in [6.45, 7) is 3.92. The molecule has 1 saturated heterocycles. The van der Waals surface area contributed by atoms with Crippen LogP contribution in [0.5, 0.6) is 0 Å². The summed E-state index contributed by atoms with van der Waals surface area (Å²) in [6, 6.07) is 13.7. The Morgan fingerprint density at radius 3 is 2.15 bits per heavy atom. The molecule has 0 spiro atoms. The maximum absolute atomic E-state index is 13.1. The molecule has 3 rings (SSSR count). The lowest BCUT2D eigenvalue weighted by atomic mass is 10.1. The molecule has 142 valence electrons. The van der Waals surface area contributed by atoms with E-state index in [4.69, 9.17) is 0 Å². The zero-order chi connectivity index (χ0) is 19.2. The predicted octanol–water partition coefficient (Wildman–Crippen LogP) is 3.93. The highest BCUT2D eigenvalue weighted by molar-refractivity contribution is 5.93. The van der Waals surface area contributed by atoms with Gasteiger partial charge in [0.05, 0.1) is 13.0 Å². The molecule has 0 unspecified atom stereocenters. The lowest BCUT2D eigenvalue weighted by Gasteiger charge is -2.23. The van der Waals surface area contributed by atoms with Gasteiger partial charge in [-0.05, 0) is 48.2 Å². The van der Waals surface area contributed by atoms with Crippen LogP contribution in [0.3, 0.4) is 0 Å². The van der Waals surface area contributed by atoms with Gasteiger partial charge in [0.2, 0.25) is 11.8 Å². The summed E-state index contributed by atoms with van der Waals surface area (Å²) in [5, 5.41) is 0. The monoisotopic (exact) mass is 368 g/mol. The van der Waals surface area contributed by atoms with E-state index < -0.39 is 0 Å². The van der Waals surface area contributed by atoms with E-state index in [0.29, 0.717) is 19.4 Å². The molecule has 27 heavy (non-hydrogen) atoms. The Kier molecular flexibility index (Phi) is 6.22. The zero-order valence-electron chi connectivity index (χ0n) is 15.7. The highest BCUT2D eigenvalue weighted by atomic mass is 19.1. The predicted molar refractivity (Wildman–Crippen MR) is 104 cm³/mol. The summed E-state index contributed by atoms with van der Waals surface area (Å²) >= 11 is 0. The molecule has 0 atom stereocenters. The van der Waals surface area contributed by atoms with Crippen LogP contribution in [-0.2, 0) is 22.6 Å². The quantitative estimate of drug-likeness (QED) is 0.775. The van der Waals surface area contributed by atoms with Crippen molar-refractivity contribution < 1.29 is 14.0 Å². The molecule has 2 amide bonds. The van der Waals surface area contributed by atoms with E-state index in [1.54, 1.807) is 17.0 Å². The van der Waals surface area contributed by atoms with Crippen molar-refractivity contribution in [3.8, 4) is 0 Å². The highest BCUT2D eigenvalue weighted by Crippen LogP contribution is 2.20. The van der Waals surface area contributed by atoms with E-state index in [-0.39, 0.29) is 17.6 Å². The van der Waals surface area contributed by atoms with E-state index in [2.05, 4.69) is 0 Å². The van der Waals surface area contributed by atoms with Gasteiger partial charge in [-0.25, -0.2) is 4.39 Å². The van der Waals surface area contributed by atoms with Crippen molar-refractivity contribution in [2.45, 2.75) is 39.2 Å². The van der Waals surface area contributed by atoms with Crippen LogP contribution in [0.4, 0.5) is 10.1 Å². The van der Waals surface area contributed by atoms with Crippen molar-refractivity contribution in [3.63, 3.8) is 0 Å². The second kappa shape index (κ2) is 8.80. The zero-order valence-corrected chi connectivity index (χ0v) is 15.7. The van der Waals surface area contributed by atoms with Gasteiger partial charge in [0.25, 0.3) is 0 Å². The van der Waals surface area contributed by atoms with Crippen molar-refractivity contribution in [2.24, 2.45) is 0 Å². The van der Waals surface area contributed by atoms with Crippen LogP contribution in [0.2, 0.25) is 0 Å². The number of carbonyl (C=O) groups is 2. The molecule has 1 aliphatic rings. The maximum atomic E-state index is 13.1. The third kappa shape index (κ3) is 4.94. The molecular weight excluding hydrogens is 343 g/mol. The van der Waals surface area contributed by atoms with Crippen molar-refractivity contribution in [2.75, 3.05) is 18.0 Å². The minimum atomic E-state index is -0.292. The van der Waals surface area contributed by atoms with Crippen LogP contribution in [0.15, 0.2) is 48.5 Å². The van der Waals surface area contributed by atoms with Gasteiger partial charge in [0, 0.05) is 25.2 Å². The first-order valence-electron chi connectivity index (χ1n) is 9.48. The fourth-order valence-corrected chi connectivity index (χ4v) is 3.33. The number of nitrogens with zero attached hydrogens (tertiary/aromatic N) is 2. The molecule has 2 aromatic carbocycles. The van der Waals surface area contributed by atoms with Gasteiger partial charge in [-0.1, -0.05) is 31.2 Å².